The molecule has 1 fully saturated rings. The first-order chi connectivity index (χ1) is 8.33. The first kappa shape index (κ1) is 10.5. The molecule has 0 amide bonds. The maximum Gasteiger partial charge on any atom is 0.157 e. The summed E-state index contributed by atoms with van der Waals surface area (Å²) in [6.45, 7) is 2.25. The molecule has 0 aliphatic carbocycles. The first-order valence-electron chi connectivity index (χ1n) is 6.13. The normalized spacial score (nSPS) is 17.6. The van der Waals surface area contributed by atoms with Crippen LogP contribution in [-0.4, -0.2) is 27.7 Å². The van der Waals surface area contributed by atoms with Gasteiger partial charge in [0.05, 0.1) is 5.69 Å². The van der Waals surface area contributed by atoms with Gasteiger partial charge < -0.3 is 11.1 Å². The van der Waals surface area contributed by atoms with Gasteiger partial charge >= 0.3 is 0 Å². The maximum absolute atomic E-state index is 5.85. The quantitative estimate of drug-likeness (QED) is 0.804. The van der Waals surface area contributed by atoms with Gasteiger partial charge in [-0.05, 0) is 44.3 Å². The lowest BCUT2D eigenvalue weighted by Gasteiger charge is -2.21. The molecule has 3 N–H and O–H groups in total. The van der Waals surface area contributed by atoms with Crippen LogP contribution < -0.4 is 11.1 Å². The van der Waals surface area contributed by atoms with E-state index in [9.17, 15) is 0 Å². The van der Waals surface area contributed by atoms with Gasteiger partial charge in [-0.25, -0.2) is 4.98 Å². The molecule has 1 aliphatic rings. The molecule has 5 nitrogen and oxygen atoms in total. The number of fused-ring (bicyclic) bond motifs is 1. The second-order valence-corrected chi connectivity index (χ2v) is 4.67. The zero-order valence-electron chi connectivity index (χ0n) is 9.76. The van der Waals surface area contributed by atoms with Crippen molar-refractivity contribution in [3.8, 4) is 0 Å². The summed E-state index contributed by atoms with van der Waals surface area (Å²) in [5.74, 6) is 1.38. The van der Waals surface area contributed by atoms with Gasteiger partial charge in [0.25, 0.3) is 0 Å². The SMILES string of the molecule is Nc1ccnc2cc(CC3CCNCC3)nn12. The molecule has 3 rings (SSSR count). The average molecular weight is 231 g/mol. The molecule has 5 heteroatoms. The summed E-state index contributed by atoms with van der Waals surface area (Å²) in [6.07, 6.45) is 5.22. The fourth-order valence-electron chi connectivity index (χ4n) is 2.44. The van der Waals surface area contributed by atoms with Crippen molar-refractivity contribution in [1.29, 1.82) is 0 Å². The van der Waals surface area contributed by atoms with Crippen LogP contribution in [0.4, 0.5) is 5.82 Å². The third-order valence-electron chi connectivity index (χ3n) is 3.39. The standard InChI is InChI=1S/C12H17N5/c13-11-3-6-15-12-8-10(16-17(11)12)7-9-1-4-14-5-2-9/h3,6,8-9,14H,1-2,4-5,7,13H2. The Morgan fingerprint density at radius 3 is 3.00 bits per heavy atom. The Morgan fingerprint density at radius 1 is 1.41 bits per heavy atom. The van der Waals surface area contributed by atoms with Gasteiger partial charge in [-0.15, -0.1) is 0 Å². The molecule has 0 atom stereocenters. The van der Waals surface area contributed by atoms with E-state index < -0.39 is 0 Å². The second-order valence-electron chi connectivity index (χ2n) is 4.67. The molecule has 17 heavy (non-hydrogen) atoms. The number of hydrogen-bond acceptors (Lipinski definition) is 4. The number of nitrogens with two attached hydrogens (primary N) is 1. The monoisotopic (exact) mass is 231 g/mol. The minimum absolute atomic E-state index is 0.645. The van der Waals surface area contributed by atoms with Crippen molar-refractivity contribution in [1.82, 2.24) is 19.9 Å². The summed E-state index contributed by atoms with van der Waals surface area (Å²) in [5, 5.41) is 7.89. The molecule has 1 saturated heterocycles. The Hall–Kier alpha value is -1.62. The van der Waals surface area contributed by atoms with E-state index in [1.807, 2.05) is 6.07 Å². The van der Waals surface area contributed by atoms with Crippen LogP contribution in [0.2, 0.25) is 0 Å². The lowest BCUT2D eigenvalue weighted by atomic mass is 9.93. The van der Waals surface area contributed by atoms with E-state index >= 15 is 0 Å². The topological polar surface area (TPSA) is 68.2 Å². The molecule has 0 unspecified atom stereocenters. The van der Waals surface area contributed by atoms with Crippen molar-refractivity contribution in [2.75, 3.05) is 18.8 Å². The van der Waals surface area contributed by atoms with Crippen LogP contribution in [0.15, 0.2) is 18.3 Å². The molecule has 90 valence electrons. The van der Waals surface area contributed by atoms with Crippen molar-refractivity contribution >= 4 is 11.5 Å². The number of anilines is 1. The van der Waals surface area contributed by atoms with Gasteiger partial charge in [0.15, 0.2) is 5.65 Å². The molecule has 0 aromatic carbocycles. The van der Waals surface area contributed by atoms with E-state index in [1.54, 1.807) is 16.8 Å². The van der Waals surface area contributed by atoms with Crippen LogP contribution in [0.1, 0.15) is 18.5 Å². The number of nitrogens with one attached hydrogen (secondary N) is 1. The molecular formula is C12H17N5. The van der Waals surface area contributed by atoms with Crippen LogP contribution in [-0.2, 0) is 6.42 Å². The number of piperidine rings is 1. The highest BCUT2D eigenvalue weighted by Gasteiger charge is 2.15. The molecule has 0 bridgehead atoms. The van der Waals surface area contributed by atoms with Crippen molar-refractivity contribution in [3.05, 3.63) is 24.0 Å². The van der Waals surface area contributed by atoms with Crippen molar-refractivity contribution in [2.24, 2.45) is 5.92 Å². The van der Waals surface area contributed by atoms with E-state index in [4.69, 9.17) is 5.73 Å². The molecule has 3 heterocycles. The number of rotatable bonds is 2. The number of nitrogens with zero attached hydrogens (tertiary/aromatic N) is 3. The molecule has 2 aromatic rings. The lowest BCUT2D eigenvalue weighted by molar-refractivity contribution is 0.370. The molecular weight excluding hydrogens is 214 g/mol. The fourth-order valence-corrected chi connectivity index (χ4v) is 2.44. The predicted molar refractivity (Wildman–Crippen MR) is 66.7 cm³/mol. The maximum atomic E-state index is 5.85. The van der Waals surface area contributed by atoms with Crippen LogP contribution in [0.3, 0.4) is 0 Å². The third-order valence-corrected chi connectivity index (χ3v) is 3.39. The summed E-state index contributed by atoms with van der Waals surface area (Å²) in [7, 11) is 0. The molecule has 1 aliphatic heterocycles. The Bertz CT molecular complexity index is 513. The van der Waals surface area contributed by atoms with E-state index in [1.165, 1.54) is 12.8 Å². The molecule has 2 aromatic heterocycles. The Labute approximate surface area is 100 Å². The molecule has 0 saturated carbocycles. The zero-order valence-corrected chi connectivity index (χ0v) is 9.76. The van der Waals surface area contributed by atoms with E-state index in [2.05, 4.69) is 15.4 Å². The van der Waals surface area contributed by atoms with Gasteiger partial charge in [0.1, 0.15) is 5.82 Å². The molecule has 0 spiro atoms. The van der Waals surface area contributed by atoms with Gasteiger partial charge in [-0.3, -0.25) is 0 Å². The third kappa shape index (κ3) is 2.10. The van der Waals surface area contributed by atoms with Gasteiger partial charge in [-0.2, -0.15) is 9.61 Å². The highest BCUT2D eigenvalue weighted by molar-refractivity contribution is 5.46. The highest BCUT2D eigenvalue weighted by atomic mass is 15.3. The molecule has 0 radical (unpaired) electrons. The smallest absolute Gasteiger partial charge is 0.157 e. The van der Waals surface area contributed by atoms with Crippen LogP contribution in [0.25, 0.3) is 5.65 Å². The highest BCUT2D eigenvalue weighted by Crippen LogP contribution is 2.18. The number of aromatic nitrogens is 3. The van der Waals surface area contributed by atoms with Crippen molar-refractivity contribution in [3.63, 3.8) is 0 Å². The fraction of sp³-hybridized carbons (Fsp3) is 0.500. The van der Waals surface area contributed by atoms with Crippen LogP contribution in [0, 0.1) is 5.92 Å². The zero-order chi connectivity index (χ0) is 11.7. The van der Waals surface area contributed by atoms with Gasteiger partial charge in [0.2, 0.25) is 0 Å². The summed E-state index contributed by atoms with van der Waals surface area (Å²) < 4.78 is 1.72. The summed E-state index contributed by atoms with van der Waals surface area (Å²) >= 11 is 0. The van der Waals surface area contributed by atoms with Crippen molar-refractivity contribution < 1.29 is 0 Å². The predicted octanol–water partition coefficient (Wildman–Crippen LogP) is 0.854. The minimum atomic E-state index is 0.645. The van der Waals surface area contributed by atoms with Crippen molar-refractivity contribution in [2.45, 2.75) is 19.3 Å². The minimum Gasteiger partial charge on any atom is -0.384 e. The van der Waals surface area contributed by atoms with Crippen LogP contribution in [0.5, 0.6) is 0 Å². The summed E-state index contributed by atoms with van der Waals surface area (Å²) in [6, 6.07) is 3.81. The van der Waals surface area contributed by atoms with Gasteiger partial charge in [-0.1, -0.05) is 0 Å². The Balaban J connectivity index is 1.83. The van der Waals surface area contributed by atoms with E-state index in [0.717, 1.165) is 36.8 Å². The Kier molecular flexibility index (Phi) is 2.68. The largest absolute Gasteiger partial charge is 0.384 e. The lowest BCUT2D eigenvalue weighted by Crippen LogP contribution is -2.28. The van der Waals surface area contributed by atoms with E-state index in [0.29, 0.717) is 5.82 Å². The number of hydrogen-bond donors (Lipinski definition) is 2. The summed E-state index contributed by atoms with van der Waals surface area (Å²) in [5.41, 5.74) is 7.79. The second kappa shape index (κ2) is 4.33. The average Bonchev–Trinajstić information content (AvgIpc) is 2.74. The summed E-state index contributed by atoms with van der Waals surface area (Å²) in [4.78, 5) is 4.26. The first-order valence-corrected chi connectivity index (χ1v) is 6.13. The number of nitrogen functional groups attached to an aromatic ring is 1. The van der Waals surface area contributed by atoms with Crippen LogP contribution >= 0.6 is 0 Å². The Morgan fingerprint density at radius 2 is 2.24 bits per heavy atom. The van der Waals surface area contributed by atoms with Gasteiger partial charge in [0, 0.05) is 12.3 Å². The van der Waals surface area contributed by atoms with E-state index in [-0.39, 0.29) is 0 Å².